The summed E-state index contributed by atoms with van der Waals surface area (Å²) in [6.45, 7) is 1.55. The van der Waals surface area contributed by atoms with Gasteiger partial charge >= 0.3 is 6.03 Å². The summed E-state index contributed by atoms with van der Waals surface area (Å²) in [5.41, 5.74) is 0.719. The number of urea groups is 1. The van der Waals surface area contributed by atoms with Crippen LogP contribution in [0, 0.1) is 5.82 Å². The lowest BCUT2D eigenvalue weighted by atomic mass is 10.2. The molecule has 0 spiro atoms. The summed E-state index contributed by atoms with van der Waals surface area (Å²) in [5, 5.41) is 1.51. The SMILES string of the molecule is NN1CCCN(Cc2ccc(F)cc2Cl)C1=O. The monoisotopic (exact) mass is 257 g/mol. The standard InChI is InChI=1S/C11H13ClFN3O/c12-10-6-9(13)3-2-8(10)7-15-4-1-5-16(14)11(15)17/h2-3,6H,1,4-5,7,14H2. The second kappa shape index (κ2) is 4.89. The molecule has 1 aliphatic rings. The van der Waals surface area contributed by atoms with Crippen molar-refractivity contribution in [3.8, 4) is 0 Å². The van der Waals surface area contributed by atoms with Crippen LogP contribution in [0.4, 0.5) is 9.18 Å². The van der Waals surface area contributed by atoms with E-state index < -0.39 is 0 Å². The zero-order valence-corrected chi connectivity index (χ0v) is 9.95. The van der Waals surface area contributed by atoms with Gasteiger partial charge in [-0.05, 0) is 24.1 Å². The molecule has 1 saturated heterocycles. The Hall–Kier alpha value is -1.33. The van der Waals surface area contributed by atoms with Crippen LogP contribution in [-0.4, -0.2) is 29.0 Å². The van der Waals surface area contributed by atoms with Gasteiger partial charge in [-0.25, -0.2) is 15.0 Å². The number of rotatable bonds is 2. The van der Waals surface area contributed by atoms with Gasteiger partial charge in [-0.3, -0.25) is 5.01 Å². The summed E-state index contributed by atoms with van der Waals surface area (Å²) in [6, 6.07) is 3.93. The summed E-state index contributed by atoms with van der Waals surface area (Å²) in [4.78, 5) is 13.3. The maximum Gasteiger partial charge on any atom is 0.334 e. The van der Waals surface area contributed by atoms with Gasteiger partial charge in [0.2, 0.25) is 0 Å². The van der Waals surface area contributed by atoms with Crippen LogP contribution in [0.3, 0.4) is 0 Å². The minimum atomic E-state index is -0.385. The van der Waals surface area contributed by atoms with Gasteiger partial charge < -0.3 is 4.90 Å². The molecule has 0 unspecified atom stereocenters. The van der Waals surface area contributed by atoms with Gasteiger partial charge in [-0.15, -0.1) is 0 Å². The maximum absolute atomic E-state index is 12.9. The molecule has 1 aromatic carbocycles. The second-order valence-electron chi connectivity index (χ2n) is 3.99. The van der Waals surface area contributed by atoms with E-state index in [-0.39, 0.29) is 11.8 Å². The van der Waals surface area contributed by atoms with Crippen LogP contribution in [0.2, 0.25) is 5.02 Å². The average molecular weight is 258 g/mol. The largest absolute Gasteiger partial charge is 0.334 e. The molecular formula is C11H13ClFN3O. The van der Waals surface area contributed by atoms with Crippen LogP contribution < -0.4 is 5.84 Å². The van der Waals surface area contributed by atoms with Crippen LogP contribution >= 0.6 is 11.6 Å². The predicted octanol–water partition coefficient (Wildman–Crippen LogP) is 1.98. The van der Waals surface area contributed by atoms with Gasteiger partial charge in [-0.1, -0.05) is 17.7 Å². The number of nitrogens with zero attached hydrogens (tertiary/aromatic N) is 2. The van der Waals surface area contributed by atoms with Gasteiger partial charge in [0, 0.05) is 24.7 Å². The van der Waals surface area contributed by atoms with Crippen LogP contribution in [0.1, 0.15) is 12.0 Å². The van der Waals surface area contributed by atoms with Crippen molar-refractivity contribution in [1.82, 2.24) is 9.91 Å². The Bertz CT molecular complexity index is 441. The molecule has 1 aliphatic heterocycles. The molecule has 6 heteroatoms. The zero-order chi connectivity index (χ0) is 12.4. The molecule has 0 saturated carbocycles. The van der Waals surface area contributed by atoms with Crippen molar-refractivity contribution in [3.63, 3.8) is 0 Å². The third-order valence-corrected chi connectivity index (χ3v) is 3.07. The van der Waals surface area contributed by atoms with E-state index >= 15 is 0 Å². The van der Waals surface area contributed by atoms with Crippen molar-refractivity contribution >= 4 is 17.6 Å². The molecule has 1 aromatic rings. The van der Waals surface area contributed by atoms with Crippen LogP contribution in [0.25, 0.3) is 0 Å². The van der Waals surface area contributed by atoms with E-state index in [0.717, 1.165) is 12.0 Å². The highest BCUT2D eigenvalue weighted by Gasteiger charge is 2.23. The van der Waals surface area contributed by atoms with Gasteiger partial charge in [0.05, 0.1) is 0 Å². The molecule has 2 N–H and O–H groups in total. The van der Waals surface area contributed by atoms with E-state index in [1.807, 2.05) is 0 Å². The first-order valence-electron chi connectivity index (χ1n) is 5.33. The molecule has 0 bridgehead atoms. The minimum Gasteiger partial charge on any atom is -0.319 e. The minimum absolute atomic E-state index is 0.225. The van der Waals surface area contributed by atoms with E-state index in [1.54, 1.807) is 11.0 Å². The van der Waals surface area contributed by atoms with Gasteiger partial charge in [0.15, 0.2) is 0 Å². The van der Waals surface area contributed by atoms with Crippen LogP contribution in [-0.2, 0) is 6.54 Å². The Kier molecular flexibility index (Phi) is 3.49. The van der Waals surface area contributed by atoms with Gasteiger partial charge in [0.1, 0.15) is 5.82 Å². The smallest absolute Gasteiger partial charge is 0.319 e. The number of nitrogens with two attached hydrogens (primary N) is 1. The molecule has 17 heavy (non-hydrogen) atoms. The fourth-order valence-electron chi connectivity index (χ4n) is 1.81. The Morgan fingerprint density at radius 2 is 2.18 bits per heavy atom. The lowest BCUT2D eigenvalue weighted by Crippen LogP contribution is -2.52. The highest BCUT2D eigenvalue weighted by molar-refractivity contribution is 6.31. The van der Waals surface area contributed by atoms with Crippen molar-refractivity contribution in [2.75, 3.05) is 13.1 Å². The zero-order valence-electron chi connectivity index (χ0n) is 9.20. The fourth-order valence-corrected chi connectivity index (χ4v) is 2.03. The Morgan fingerprint density at radius 1 is 1.41 bits per heavy atom. The van der Waals surface area contributed by atoms with E-state index in [9.17, 15) is 9.18 Å². The number of hydrogen-bond donors (Lipinski definition) is 1. The summed E-state index contributed by atoms with van der Waals surface area (Å²) in [5.74, 6) is 5.15. The highest BCUT2D eigenvalue weighted by atomic mass is 35.5. The Morgan fingerprint density at radius 3 is 2.88 bits per heavy atom. The first-order valence-corrected chi connectivity index (χ1v) is 5.71. The van der Waals surface area contributed by atoms with Crippen molar-refractivity contribution < 1.29 is 9.18 Å². The molecule has 1 fully saturated rings. The van der Waals surface area contributed by atoms with E-state index in [1.165, 1.54) is 17.1 Å². The number of halogens is 2. The van der Waals surface area contributed by atoms with Gasteiger partial charge in [0.25, 0.3) is 0 Å². The molecule has 1 heterocycles. The number of carbonyl (C=O) groups is 1. The van der Waals surface area contributed by atoms with Crippen molar-refractivity contribution in [3.05, 3.63) is 34.6 Å². The molecular weight excluding hydrogens is 245 g/mol. The number of carbonyl (C=O) groups excluding carboxylic acids is 1. The lowest BCUT2D eigenvalue weighted by molar-refractivity contribution is 0.127. The van der Waals surface area contributed by atoms with Crippen molar-refractivity contribution in [2.24, 2.45) is 5.84 Å². The Labute approximate surface area is 104 Å². The lowest BCUT2D eigenvalue weighted by Gasteiger charge is -2.32. The first kappa shape index (κ1) is 12.1. The molecule has 0 aliphatic carbocycles. The van der Waals surface area contributed by atoms with E-state index in [4.69, 9.17) is 17.4 Å². The number of amides is 2. The van der Waals surface area contributed by atoms with Gasteiger partial charge in [-0.2, -0.15) is 0 Å². The van der Waals surface area contributed by atoms with Crippen LogP contribution in [0.15, 0.2) is 18.2 Å². The quantitative estimate of drug-likeness (QED) is 0.651. The third kappa shape index (κ3) is 2.68. The maximum atomic E-state index is 12.9. The number of benzene rings is 1. The summed E-state index contributed by atoms with van der Waals surface area (Å²) in [6.07, 6.45) is 0.820. The van der Waals surface area contributed by atoms with E-state index in [2.05, 4.69) is 0 Å². The molecule has 0 atom stereocenters. The number of hydrazine groups is 1. The molecule has 0 aromatic heterocycles. The molecule has 92 valence electrons. The fraction of sp³-hybridized carbons (Fsp3) is 0.364. The van der Waals surface area contributed by atoms with E-state index in [0.29, 0.717) is 24.7 Å². The third-order valence-electron chi connectivity index (χ3n) is 2.72. The number of hydrogen-bond acceptors (Lipinski definition) is 2. The van der Waals surface area contributed by atoms with Crippen molar-refractivity contribution in [1.29, 1.82) is 0 Å². The molecule has 2 amide bonds. The average Bonchev–Trinajstić information content (AvgIpc) is 2.28. The van der Waals surface area contributed by atoms with Crippen LogP contribution in [0.5, 0.6) is 0 Å². The molecule has 2 rings (SSSR count). The second-order valence-corrected chi connectivity index (χ2v) is 4.39. The normalized spacial score (nSPS) is 16.5. The summed E-state index contributed by atoms with van der Waals surface area (Å²) >= 11 is 5.91. The predicted molar refractivity (Wildman–Crippen MR) is 62.7 cm³/mol. The first-order chi connectivity index (χ1) is 8.08. The Balaban J connectivity index is 2.12. The summed E-state index contributed by atoms with van der Waals surface area (Å²) < 4.78 is 12.9. The molecule has 0 radical (unpaired) electrons. The highest BCUT2D eigenvalue weighted by Crippen LogP contribution is 2.20. The molecule has 4 nitrogen and oxygen atoms in total. The topological polar surface area (TPSA) is 49.6 Å². The van der Waals surface area contributed by atoms with Crippen molar-refractivity contribution in [2.45, 2.75) is 13.0 Å². The summed E-state index contributed by atoms with van der Waals surface area (Å²) in [7, 11) is 0.